The third-order valence-corrected chi connectivity index (χ3v) is 3.98. The lowest BCUT2D eigenvalue weighted by Crippen LogP contribution is -2.43. The Balaban J connectivity index is 1.70. The molecule has 0 aliphatic heterocycles. The topological polar surface area (TPSA) is 103 Å². The Kier molecular flexibility index (Phi) is 8.29. The van der Waals surface area contributed by atoms with Crippen LogP contribution in [0.25, 0.3) is 0 Å². The van der Waals surface area contributed by atoms with Crippen LogP contribution in [0.4, 0.5) is 0 Å². The van der Waals surface area contributed by atoms with Crippen LogP contribution in [-0.4, -0.2) is 38.1 Å². The van der Waals surface area contributed by atoms with Crippen molar-refractivity contribution >= 4 is 29.4 Å². The second kappa shape index (κ2) is 10.9. The minimum absolute atomic E-state index is 0.0202. The van der Waals surface area contributed by atoms with Crippen LogP contribution in [0.3, 0.4) is 0 Å². The molecule has 0 unspecified atom stereocenters. The molecule has 0 spiro atoms. The molecule has 0 fully saturated rings. The highest BCUT2D eigenvalue weighted by Gasteiger charge is 2.14. The molecule has 8 nitrogen and oxygen atoms in total. The summed E-state index contributed by atoms with van der Waals surface area (Å²) in [6, 6.07) is 11.9. The molecule has 0 atom stereocenters. The number of esters is 1. The number of halogens is 1. The van der Waals surface area contributed by atoms with E-state index < -0.39 is 24.4 Å². The average Bonchev–Trinajstić information content (AvgIpc) is 2.71. The second-order valence-electron chi connectivity index (χ2n) is 5.87. The van der Waals surface area contributed by atoms with Gasteiger partial charge in [0, 0.05) is 5.02 Å². The predicted molar refractivity (Wildman–Crippen MR) is 106 cm³/mol. The third kappa shape index (κ3) is 7.00. The Labute approximate surface area is 173 Å². The normalized spacial score (nSPS) is 10.0. The Morgan fingerprint density at radius 2 is 1.79 bits per heavy atom. The number of nitrogens with one attached hydrogen (secondary N) is 2. The van der Waals surface area contributed by atoms with Crippen molar-refractivity contribution in [1.29, 1.82) is 0 Å². The fraction of sp³-hybridized carbons (Fsp3) is 0.250. The molecule has 0 aliphatic rings. The van der Waals surface area contributed by atoms with Gasteiger partial charge in [-0.3, -0.25) is 25.2 Å². The highest BCUT2D eigenvalue weighted by atomic mass is 35.5. The molecule has 0 saturated heterocycles. The average molecular weight is 421 g/mol. The summed E-state index contributed by atoms with van der Waals surface area (Å²) in [4.78, 5) is 35.6. The first-order valence-corrected chi connectivity index (χ1v) is 9.05. The fourth-order valence-corrected chi connectivity index (χ4v) is 2.44. The van der Waals surface area contributed by atoms with Crippen LogP contribution in [0.2, 0.25) is 5.02 Å². The van der Waals surface area contributed by atoms with Gasteiger partial charge in [-0.2, -0.15) is 0 Å². The first-order chi connectivity index (χ1) is 13.9. The Morgan fingerprint density at radius 3 is 2.52 bits per heavy atom. The number of hydrogen-bond acceptors (Lipinski definition) is 6. The van der Waals surface area contributed by atoms with Crippen molar-refractivity contribution in [3.05, 3.63) is 58.6 Å². The number of para-hydroxylation sites is 1. The lowest BCUT2D eigenvalue weighted by atomic mass is 10.2. The number of rotatable bonds is 8. The van der Waals surface area contributed by atoms with Crippen molar-refractivity contribution in [2.24, 2.45) is 0 Å². The first-order valence-electron chi connectivity index (χ1n) is 8.67. The molecule has 154 valence electrons. The standard InChI is InChI=1S/C20H21ClN2O6/c1-13-5-3-4-6-16(13)28-10-9-19(25)29-12-18(24)22-23-20(26)15-11-14(21)7-8-17(15)27-2/h3-8,11H,9-10,12H2,1-2H3,(H,22,24)(H,23,26). The van der Waals surface area contributed by atoms with E-state index in [0.717, 1.165) is 5.56 Å². The predicted octanol–water partition coefficient (Wildman–Crippen LogP) is 2.43. The zero-order valence-electron chi connectivity index (χ0n) is 16.0. The van der Waals surface area contributed by atoms with Gasteiger partial charge in [-0.25, -0.2) is 0 Å². The van der Waals surface area contributed by atoms with Gasteiger partial charge in [-0.05, 0) is 36.8 Å². The third-order valence-electron chi connectivity index (χ3n) is 3.74. The van der Waals surface area contributed by atoms with E-state index in [4.69, 9.17) is 25.8 Å². The lowest BCUT2D eigenvalue weighted by molar-refractivity contribution is -0.149. The number of benzene rings is 2. The zero-order chi connectivity index (χ0) is 21.2. The fourth-order valence-electron chi connectivity index (χ4n) is 2.27. The van der Waals surface area contributed by atoms with E-state index in [9.17, 15) is 14.4 Å². The number of methoxy groups -OCH3 is 1. The molecule has 2 rings (SSSR count). The summed E-state index contributed by atoms with van der Waals surface area (Å²) in [6.45, 7) is 1.47. The van der Waals surface area contributed by atoms with Crippen molar-refractivity contribution in [3.63, 3.8) is 0 Å². The van der Waals surface area contributed by atoms with Crippen LogP contribution in [0.15, 0.2) is 42.5 Å². The second-order valence-corrected chi connectivity index (χ2v) is 6.31. The SMILES string of the molecule is COc1ccc(Cl)cc1C(=O)NNC(=O)COC(=O)CCOc1ccccc1C. The van der Waals surface area contributed by atoms with Gasteiger partial charge in [0.2, 0.25) is 0 Å². The van der Waals surface area contributed by atoms with Crippen LogP contribution in [0, 0.1) is 6.92 Å². The van der Waals surface area contributed by atoms with Crippen LogP contribution in [0.1, 0.15) is 22.3 Å². The molecular formula is C20H21ClN2O6. The summed E-state index contributed by atoms with van der Waals surface area (Å²) in [6.07, 6.45) is -0.0202. The van der Waals surface area contributed by atoms with Crippen LogP contribution >= 0.6 is 11.6 Å². The summed E-state index contributed by atoms with van der Waals surface area (Å²) < 4.78 is 15.4. The summed E-state index contributed by atoms with van der Waals surface area (Å²) in [5.74, 6) is -0.960. The van der Waals surface area contributed by atoms with E-state index in [1.54, 1.807) is 12.1 Å². The molecule has 9 heteroatoms. The van der Waals surface area contributed by atoms with E-state index >= 15 is 0 Å². The molecule has 0 saturated carbocycles. The maximum absolute atomic E-state index is 12.1. The highest BCUT2D eigenvalue weighted by Crippen LogP contribution is 2.22. The van der Waals surface area contributed by atoms with Gasteiger partial charge >= 0.3 is 5.97 Å². The molecule has 29 heavy (non-hydrogen) atoms. The van der Waals surface area contributed by atoms with Gasteiger partial charge in [0.15, 0.2) is 6.61 Å². The van der Waals surface area contributed by atoms with E-state index in [2.05, 4.69) is 10.9 Å². The van der Waals surface area contributed by atoms with E-state index in [-0.39, 0.29) is 18.6 Å². The number of hydrazine groups is 1. The quantitative estimate of drug-likeness (QED) is 0.502. The molecule has 2 aromatic carbocycles. The van der Waals surface area contributed by atoms with Gasteiger partial charge in [0.05, 0.1) is 25.7 Å². The zero-order valence-corrected chi connectivity index (χ0v) is 16.7. The monoisotopic (exact) mass is 420 g/mol. The summed E-state index contributed by atoms with van der Waals surface area (Å²) in [5, 5.41) is 0.337. The van der Waals surface area contributed by atoms with Crippen molar-refractivity contribution in [2.75, 3.05) is 20.3 Å². The van der Waals surface area contributed by atoms with E-state index in [1.165, 1.54) is 19.2 Å². The maximum Gasteiger partial charge on any atom is 0.309 e. The smallest absolute Gasteiger partial charge is 0.309 e. The van der Waals surface area contributed by atoms with Crippen molar-refractivity contribution in [3.8, 4) is 11.5 Å². The minimum atomic E-state index is -0.701. The number of amides is 2. The van der Waals surface area contributed by atoms with Crippen molar-refractivity contribution in [2.45, 2.75) is 13.3 Å². The number of carbonyl (C=O) groups is 3. The molecule has 2 amide bonds. The molecule has 2 aromatic rings. The largest absolute Gasteiger partial charge is 0.496 e. The van der Waals surface area contributed by atoms with Crippen LogP contribution in [0.5, 0.6) is 11.5 Å². The molecular weight excluding hydrogens is 400 g/mol. The van der Waals surface area contributed by atoms with Gasteiger partial charge in [-0.15, -0.1) is 0 Å². The van der Waals surface area contributed by atoms with Gasteiger partial charge in [0.25, 0.3) is 11.8 Å². The van der Waals surface area contributed by atoms with Crippen LogP contribution < -0.4 is 20.3 Å². The van der Waals surface area contributed by atoms with Crippen molar-refractivity contribution < 1.29 is 28.6 Å². The number of hydrogen-bond donors (Lipinski definition) is 2. The summed E-state index contributed by atoms with van der Waals surface area (Å²) in [7, 11) is 1.40. The molecule has 0 aliphatic carbocycles. The number of ether oxygens (including phenoxy) is 3. The molecule has 0 radical (unpaired) electrons. The Bertz CT molecular complexity index is 887. The highest BCUT2D eigenvalue weighted by molar-refractivity contribution is 6.31. The Hall–Kier alpha value is -3.26. The molecule has 0 aromatic heterocycles. The van der Waals surface area contributed by atoms with E-state index in [0.29, 0.717) is 16.5 Å². The summed E-state index contributed by atoms with van der Waals surface area (Å²) >= 11 is 5.86. The van der Waals surface area contributed by atoms with Crippen molar-refractivity contribution in [1.82, 2.24) is 10.9 Å². The van der Waals surface area contributed by atoms with Gasteiger partial charge in [-0.1, -0.05) is 29.8 Å². The molecule has 2 N–H and O–H groups in total. The maximum atomic E-state index is 12.1. The van der Waals surface area contributed by atoms with Crippen LogP contribution in [-0.2, 0) is 14.3 Å². The van der Waals surface area contributed by atoms with Gasteiger partial charge < -0.3 is 14.2 Å². The van der Waals surface area contributed by atoms with E-state index in [1.807, 2.05) is 25.1 Å². The molecule has 0 bridgehead atoms. The Morgan fingerprint density at radius 1 is 1.03 bits per heavy atom. The van der Waals surface area contributed by atoms with Gasteiger partial charge in [0.1, 0.15) is 11.5 Å². The first kappa shape index (κ1) is 22.0. The molecule has 0 heterocycles. The number of carbonyl (C=O) groups excluding carboxylic acids is 3. The summed E-state index contributed by atoms with van der Waals surface area (Å²) in [5.41, 5.74) is 5.45. The number of aryl methyl sites for hydroxylation is 1. The lowest BCUT2D eigenvalue weighted by Gasteiger charge is -2.11. The minimum Gasteiger partial charge on any atom is -0.496 e.